The van der Waals surface area contributed by atoms with Crippen LogP contribution in [0.25, 0.3) is 0 Å². The Morgan fingerprint density at radius 3 is 2.66 bits per heavy atom. The second-order valence-corrected chi connectivity index (χ2v) is 6.10. The summed E-state index contributed by atoms with van der Waals surface area (Å²) in [6.07, 6.45) is 2.45. The number of ether oxygens (including phenoxy) is 2. The van der Waals surface area contributed by atoms with Gasteiger partial charge in [0, 0.05) is 24.8 Å². The van der Waals surface area contributed by atoms with E-state index in [1.165, 1.54) is 13.2 Å². The van der Waals surface area contributed by atoms with Crippen molar-refractivity contribution in [2.24, 2.45) is 4.99 Å². The van der Waals surface area contributed by atoms with Crippen molar-refractivity contribution >= 4 is 41.5 Å². The summed E-state index contributed by atoms with van der Waals surface area (Å²) in [5.74, 6) is 1.18. The Kier molecular flexibility index (Phi) is 11.6. The molecule has 2 rings (SSSR count). The SMILES string of the molecule is CCNC(=NCc1cc(OC)ccc1OC(F)F)NCCc1ccc(Cl)nc1.I. The van der Waals surface area contributed by atoms with Crippen LogP contribution in [-0.2, 0) is 13.0 Å². The second-order valence-electron chi connectivity index (χ2n) is 5.71. The fraction of sp³-hybridized carbons (Fsp3) is 0.368. The summed E-state index contributed by atoms with van der Waals surface area (Å²) in [4.78, 5) is 8.49. The highest BCUT2D eigenvalue weighted by Gasteiger charge is 2.11. The predicted molar refractivity (Wildman–Crippen MR) is 121 cm³/mol. The Balaban J connectivity index is 0.00000420. The van der Waals surface area contributed by atoms with Crippen molar-refractivity contribution in [3.8, 4) is 11.5 Å². The van der Waals surface area contributed by atoms with E-state index in [1.807, 2.05) is 13.0 Å². The molecule has 1 aromatic carbocycles. The largest absolute Gasteiger partial charge is 0.497 e. The highest BCUT2D eigenvalue weighted by atomic mass is 127. The zero-order valence-corrected chi connectivity index (χ0v) is 19.2. The minimum absolute atomic E-state index is 0. The van der Waals surface area contributed by atoms with Crippen molar-refractivity contribution in [2.75, 3.05) is 20.2 Å². The molecule has 0 saturated heterocycles. The van der Waals surface area contributed by atoms with Gasteiger partial charge in [-0.3, -0.25) is 0 Å². The van der Waals surface area contributed by atoms with Gasteiger partial charge in [-0.05, 0) is 43.2 Å². The number of methoxy groups -OCH3 is 1. The van der Waals surface area contributed by atoms with Crippen LogP contribution >= 0.6 is 35.6 Å². The summed E-state index contributed by atoms with van der Waals surface area (Å²) in [6, 6.07) is 8.29. The van der Waals surface area contributed by atoms with E-state index in [1.54, 1.807) is 24.4 Å². The zero-order valence-electron chi connectivity index (χ0n) is 16.1. The molecule has 0 aliphatic carbocycles. The summed E-state index contributed by atoms with van der Waals surface area (Å²) in [5.41, 5.74) is 1.53. The van der Waals surface area contributed by atoms with Gasteiger partial charge in [0.1, 0.15) is 16.7 Å². The molecular formula is C19H24ClF2IN4O2. The molecule has 0 fully saturated rings. The molecule has 29 heavy (non-hydrogen) atoms. The number of nitrogens with zero attached hydrogens (tertiary/aromatic N) is 2. The monoisotopic (exact) mass is 540 g/mol. The van der Waals surface area contributed by atoms with Gasteiger partial charge < -0.3 is 20.1 Å². The van der Waals surface area contributed by atoms with E-state index in [-0.39, 0.29) is 36.3 Å². The van der Waals surface area contributed by atoms with Gasteiger partial charge >= 0.3 is 6.61 Å². The van der Waals surface area contributed by atoms with Crippen molar-refractivity contribution in [1.82, 2.24) is 15.6 Å². The maximum absolute atomic E-state index is 12.6. The van der Waals surface area contributed by atoms with Gasteiger partial charge in [0.15, 0.2) is 5.96 Å². The Morgan fingerprint density at radius 1 is 1.24 bits per heavy atom. The molecule has 0 aliphatic rings. The Labute approximate surface area is 191 Å². The van der Waals surface area contributed by atoms with Crippen LogP contribution in [0, 0.1) is 0 Å². The van der Waals surface area contributed by atoms with Gasteiger partial charge in [0.25, 0.3) is 0 Å². The van der Waals surface area contributed by atoms with Crippen molar-refractivity contribution in [2.45, 2.75) is 26.5 Å². The first-order valence-electron chi connectivity index (χ1n) is 8.76. The molecule has 160 valence electrons. The Hall–Kier alpha value is -1.88. The van der Waals surface area contributed by atoms with Gasteiger partial charge in [-0.2, -0.15) is 8.78 Å². The molecule has 2 N–H and O–H groups in total. The molecule has 2 aromatic rings. The van der Waals surface area contributed by atoms with Crippen molar-refractivity contribution < 1.29 is 18.3 Å². The first-order chi connectivity index (χ1) is 13.5. The van der Waals surface area contributed by atoms with Crippen LogP contribution in [0.3, 0.4) is 0 Å². The van der Waals surface area contributed by atoms with E-state index in [9.17, 15) is 8.78 Å². The van der Waals surface area contributed by atoms with Crippen LogP contribution in [0.15, 0.2) is 41.5 Å². The lowest BCUT2D eigenvalue weighted by molar-refractivity contribution is -0.0504. The maximum atomic E-state index is 12.6. The van der Waals surface area contributed by atoms with Crippen LogP contribution in [0.4, 0.5) is 8.78 Å². The lowest BCUT2D eigenvalue weighted by Crippen LogP contribution is -2.38. The molecule has 1 aromatic heterocycles. The van der Waals surface area contributed by atoms with E-state index < -0.39 is 6.61 Å². The molecule has 0 atom stereocenters. The van der Waals surface area contributed by atoms with Crippen LogP contribution in [0.5, 0.6) is 11.5 Å². The zero-order chi connectivity index (χ0) is 20.4. The van der Waals surface area contributed by atoms with E-state index in [0.717, 1.165) is 12.0 Å². The number of halogens is 4. The number of alkyl halides is 2. The number of guanidine groups is 1. The summed E-state index contributed by atoms with van der Waals surface area (Å²) < 4.78 is 35.0. The van der Waals surface area contributed by atoms with Crippen LogP contribution in [0.1, 0.15) is 18.1 Å². The summed E-state index contributed by atoms with van der Waals surface area (Å²) >= 11 is 5.78. The number of rotatable bonds is 9. The molecule has 0 bridgehead atoms. The van der Waals surface area contributed by atoms with E-state index in [0.29, 0.717) is 35.5 Å². The van der Waals surface area contributed by atoms with Gasteiger partial charge in [0.05, 0.1) is 13.7 Å². The van der Waals surface area contributed by atoms with Gasteiger partial charge in [-0.15, -0.1) is 24.0 Å². The number of hydrogen-bond acceptors (Lipinski definition) is 4. The third-order valence-corrected chi connectivity index (χ3v) is 3.95. The minimum Gasteiger partial charge on any atom is -0.497 e. The molecule has 0 spiro atoms. The number of aromatic nitrogens is 1. The summed E-state index contributed by atoms with van der Waals surface area (Å²) in [5, 5.41) is 6.77. The molecule has 0 aliphatic heterocycles. The highest BCUT2D eigenvalue weighted by Crippen LogP contribution is 2.26. The molecule has 0 radical (unpaired) electrons. The van der Waals surface area contributed by atoms with Crippen LogP contribution < -0.4 is 20.1 Å². The summed E-state index contributed by atoms with van der Waals surface area (Å²) in [7, 11) is 1.51. The van der Waals surface area contributed by atoms with Crippen molar-refractivity contribution in [3.05, 3.63) is 52.8 Å². The fourth-order valence-electron chi connectivity index (χ4n) is 2.40. The molecule has 0 saturated carbocycles. The molecular weight excluding hydrogens is 517 g/mol. The average molecular weight is 541 g/mol. The quantitative estimate of drug-likeness (QED) is 0.215. The van der Waals surface area contributed by atoms with Crippen LogP contribution in [0.2, 0.25) is 5.15 Å². The normalized spacial score (nSPS) is 11.0. The number of nitrogens with one attached hydrogen (secondary N) is 2. The first kappa shape index (κ1) is 25.2. The minimum atomic E-state index is -2.91. The fourth-order valence-corrected chi connectivity index (χ4v) is 2.51. The number of benzene rings is 1. The number of hydrogen-bond donors (Lipinski definition) is 2. The van der Waals surface area contributed by atoms with Crippen molar-refractivity contribution in [1.29, 1.82) is 0 Å². The van der Waals surface area contributed by atoms with E-state index in [4.69, 9.17) is 16.3 Å². The maximum Gasteiger partial charge on any atom is 0.387 e. The van der Waals surface area contributed by atoms with E-state index >= 15 is 0 Å². The molecule has 10 heteroatoms. The Morgan fingerprint density at radius 2 is 2.03 bits per heavy atom. The lowest BCUT2D eigenvalue weighted by atomic mass is 10.2. The lowest BCUT2D eigenvalue weighted by Gasteiger charge is -2.13. The predicted octanol–water partition coefficient (Wildman–Crippen LogP) is 4.26. The third-order valence-electron chi connectivity index (χ3n) is 3.73. The smallest absolute Gasteiger partial charge is 0.387 e. The number of pyridine rings is 1. The summed E-state index contributed by atoms with van der Waals surface area (Å²) in [6.45, 7) is 0.463. The van der Waals surface area contributed by atoms with Crippen LogP contribution in [-0.4, -0.2) is 37.8 Å². The number of aliphatic imine (C=N–C) groups is 1. The standard InChI is InChI=1S/C19H23ClF2N4O2.HI/c1-3-23-19(24-9-8-13-4-7-17(20)25-11-13)26-12-14-10-15(27-2)5-6-16(14)28-18(21)22;/h4-7,10-11,18H,3,8-9,12H2,1-2H3,(H2,23,24,26);1H. The highest BCUT2D eigenvalue weighted by molar-refractivity contribution is 14.0. The molecule has 1 heterocycles. The average Bonchev–Trinajstić information content (AvgIpc) is 2.68. The topological polar surface area (TPSA) is 67.8 Å². The van der Waals surface area contributed by atoms with Gasteiger partial charge in [0.2, 0.25) is 0 Å². The van der Waals surface area contributed by atoms with Gasteiger partial charge in [-0.25, -0.2) is 9.98 Å². The van der Waals surface area contributed by atoms with Gasteiger partial charge in [-0.1, -0.05) is 17.7 Å². The second kappa shape index (κ2) is 13.4. The molecule has 0 amide bonds. The molecule has 6 nitrogen and oxygen atoms in total. The van der Waals surface area contributed by atoms with E-state index in [2.05, 4.69) is 25.3 Å². The Bertz CT molecular complexity index is 779. The first-order valence-corrected chi connectivity index (χ1v) is 9.14. The van der Waals surface area contributed by atoms with Crippen molar-refractivity contribution in [3.63, 3.8) is 0 Å². The third kappa shape index (κ3) is 8.99. The molecule has 0 unspecified atom stereocenters.